The van der Waals surface area contributed by atoms with Crippen molar-refractivity contribution in [3.63, 3.8) is 0 Å². The van der Waals surface area contributed by atoms with Gasteiger partial charge in [-0.1, -0.05) is 18.7 Å². The summed E-state index contributed by atoms with van der Waals surface area (Å²) in [5, 5.41) is 9.39. The van der Waals surface area contributed by atoms with Crippen LogP contribution in [-0.4, -0.2) is 14.7 Å². The van der Waals surface area contributed by atoms with E-state index in [9.17, 15) is 5.11 Å². The van der Waals surface area contributed by atoms with Crippen LogP contribution < -0.4 is 0 Å². The highest BCUT2D eigenvalue weighted by molar-refractivity contribution is 5.60. The van der Waals surface area contributed by atoms with Gasteiger partial charge in [-0.05, 0) is 13.3 Å². The third-order valence-electron chi connectivity index (χ3n) is 1.86. The lowest BCUT2D eigenvalue weighted by Gasteiger charge is -2.08. The monoisotopic (exact) mass is 190 g/mol. The van der Waals surface area contributed by atoms with Gasteiger partial charge in [-0.2, -0.15) is 0 Å². The molecule has 0 fully saturated rings. The molecule has 0 aliphatic carbocycles. The summed E-state index contributed by atoms with van der Waals surface area (Å²) in [6, 6.07) is 0. The van der Waals surface area contributed by atoms with Crippen LogP contribution in [0.25, 0.3) is 5.70 Å². The number of rotatable bonds is 4. The van der Waals surface area contributed by atoms with Crippen LogP contribution in [0.1, 0.15) is 12.2 Å². The molecule has 0 aromatic carbocycles. The number of allylic oxidation sites excluding steroid dienone is 3. The maximum atomic E-state index is 9.39. The van der Waals surface area contributed by atoms with Crippen LogP contribution in [0, 0.1) is 6.92 Å². The van der Waals surface area contributed by atoms with Crippen LogP contribution in [0.5, 0.6) is 0 Å². The molecule has 0 aliphatic heterocycles. The van der Waals surface area contributed by atoms with Crippen LogP contribution >= 0.6 is 0 Å². The zero-order valence-corrected chi connectivity index (χ0v) is 8.27. The maximum Gasteiger partial charge on any atom is 0.132 e. The third kappa shape index (κ3) is 2.13. The minimum Gasteiger partial charge on any atom is -0.506 e. The molecule has 3 heteroatoms. The SMILES string of the molecule is C=CC/C=C(/C(=C)O)n1ccnc1C. The van der Waals surface area contributed by atoms with Crippen molar-refractivity contribution in [2.45, 2.75) is 13.3 Å². The van der Waals surface area contributed by atoms with Gasteiger partial charge in [0.25, 0.3) is 0 Å². The quantitative estimate of drug-likeness (QED) is 0.450. The summed E-state index contributed by atoms with van der Waals surface area (Å²) in [6.45, 7) is 8.99. The van der Waals surface area contributed by atoms with Crippen molar-refractivity contribution in [2.75, 3.05) is 0 Å². The van der Waals surface area contributed by atoms with E-state index in [4.69, 9.17) is 0 Å². The Morgan fingerprint density at radius 2 is 2.43 bits per heavy atom. The minimum absolute atomic E-state index is 0.0351. The molecule has 0 spiro atoms. The summed E-state index contributed by atoms with van der Waals surface area (Å²) >= 11 is 0. The molecule has 3 nitrogen and oxygen atoms in total. The topological polar surface area (TPSA) is 38.0 Å². The molecular weight excluding hydrogens is 176 g/mol. The van der Waals surface area contributed by atoms with Crippen molar-refractivity contribution in [3.8, 4) is 0 Å². The molecule has 0 atom stereocenters. The second-order valence-electron chi connectivity index (χ2n) is 2.90. The predicted octanol–water partition coefficient (Wildman–Crippen LogP) is 2.68. The molecule has 0 radical (unpaired) electrons. The van der Waals surface area contributed by atoms with E-state index >= 15 is 0 Å². The summed E-state index contributed by atoms with van der Waals surface area (Å²) in [5.41, 5.74) is 0.653. The summed E-state index contributed by atoms with van der Waals surface area (Å²) in [7, 11) is 0. The molecule has 0 bridgehead atoms. The van der Waals surface area contributed by atoms with Crippen molar-refractivity contribution in [2.24, 2.45) is 0 Å². The van der Waals surface area contributed by atoms with E-state index in [0.29, 0.717) is 12.1 Å². The summed E-state index contributed by atoms with van der Waals surface area (Å²) in [6.07, 6.45) is 7.76. The van der Waals surface area contributed by atoms with Gasteiger partial charge >= 0.3 is 0 Å². The van der Waals surface area contributed by atoms with Gasteiger partial charge in [0.2, 0.25) is 0 Å². The Morgan fingerprint density at radius 3 is 2.86 bits per heavy atom. The van der Waals surface area contributed by atoms with Gasteiger partial charge in [0.1, 0.15) is 11.6 Å². The van der Waals surface area contributed by atoms with Gasteiger partial charge in [-0.3, -0.25) is 0 Å². The molecule has 1 heterocycles. The van der Waals surface area contributed by atoms with Crippen LogP contribution in [0.4, 0.5) is 0 Å². The molecule has 74 valence electrons. The molecule has 14 heavy (non-hydrogen) atoms. The summed E-state index contributed by atoms with van der Waals surface area (Å²) in [5.74, 6) is 0.850. The van der Waals surface area contributed by atoms with E-state index in [-0.39, 0.29) is 5.76 Å². The molecule has 0 aliphatic rings. The van der Waals surface area contributed by atoms with Crippen molar-refractivity contribution in [3.05, 3.63) is 49.3 Å². The van der Waals surface area contributed by atoms with E-state index < -0.39 is 0 Å². The van der Waals surface area contributed by atoms with Gasteiger partial charge in [0.15, 0.2) is 0 Å². The van der Waals surface area contributed by atoms with Crippen LogP contribution in [0.2, 0.25) is 0 Å². The highest BCUT2D eigenvalue weighted by atomic mass is 16.3. The number of imidazole rings is 1. The van der Waals surface area contributed by atoms with Gasteiger partial charge in [0.05, 0.1) is 5.70 Å². The Kier molecular flexibility index (Phi) is 3.29. The van der Waals surface area contributed by atoms with Crippen molar-refractivity contribution < 1.29 is 5.11 Å². The first kappa shape index (κ1) is 10.3. The maximum absolute atomic E-state index is 9.39. The van der Waals surface area contributed by atoms with Crippen LogP contribution in [0.15, 0.2) is 43.5 Å². The fraction of sp³-hybridized carbons (Fsp3) is 0.182. The van der Waals surface area contributed by atoms with Crippen molar-refractivity contribution in [1.29, 1.82) is 0 Å². The van der Waals surface area contributed by atoms with E-state index in [1.165, 1.54) is 0 Å². The lowest BCUT2D eigenvalue weighted by molar-refractivity contribution is 0.435. The number of aromatic nitrogens is 2. The zero-order chi connectivity index (χ0) is 10.6. The van der Waals surface area contributed by atoms with E-state index in [0.717, 1.165) is 5.82 Å². The van der Waals surface area contributed by atoms with Crippen molar-refractivity contribution in [1.82, 2.24) is 9.55 Å². The molecule has 0 unspecified atom stereocenters. The zero-order valence-electron chi connectivity index (χ0n) is 8.27. The number of nitrogens with zero attached hydrogens (tertiary/aromatic N) is 2. The van der Waals surface area contributed by atoms with Gasteiger partial charge in [0, 0.05) is 12.4 Å². The first-order chi connectivity index (χ1) is 6.66. The first-order valence-electron chi connectivity index (χ1n) is 4.36. The average Bonchev–Trinajstić information content (AvgIpc) is 2.52. The third-order valence-corrected chi connectivity index (χ3v) is 1.86. The fourth-order valence-corrected chi connectivity index (χ4v) is 1.18. The fourth-order valence-electron chi connectivity index (χ4n) is 1.18. The number of aryl methyl sites for hydroxylation is 1. The Labute approximate surface area is 83.7 Å². The first-order valence-corrected chi connectivity index (χ1v) is 4.36. The van der Waals surface area contributed by atoms with E-state index in [1.807, 2.05) is 13.0 Å². The number of hydrogen-bond acceptors (Lipinski definition) is 2. The van der Waals surface area contributed by atoms with Crippen LogP contribution in [-0.2, 0) is 0 Å². The minimum atomic E-state index is 0.0351. The van der Waals surface area contributed by atoms with E-state index in [2.05, 4.69) is 18.1 Å². The molecule has 0 saturated heterocycles. The normalized spacial score (nSPS) is 11.4. The standard InChI is InChI=1S/C11H14N2O/c1-4-5-6-11(9(2)14)13-8-7-12-10(13)3/h4,6-8,14H,1-2,5H2,3H3/b11-6-. The summed E-state index contributed by atoms with van der Waals surface area (Å²) < 4.78 is 1.78. The molecular formula is C11H14N2O. The Bertz CT molecular complexity index is 374. The smallest absolute Gasteiger partial charge is 0.132 e. The van der Waals surface area contributed by atoms with Crippen molar-refractivity contribution >= 4 is 5.70 Å². The number of aliphatic hydroxyl groups excluding tert-OH is 1. The second-order valence-corrected chi connectivity index (χ2v) is 2.90. The number of aliphatic hydroxyl groups is 1. The van der Waals surface area contributed by atoms with E-state index in [1.54, 1.807) is 23.0 Å². The Hall–Kier alpha value is -1.77. The molecule has 0 saturated carbocycles. The summed E-state index contributed by atoms with van der Waals surface area (Å²) in [4.78, 5) is 4.07. The highest BCUT2D eigenvalue weighted by Crippen LogP contribution is 2.14. The molecule has 1 N–H and O–H groups in total. The largest absolute Gasteiger partial charge is 0.506 e. The molecule has 1 aromatic heterocycles. The number of hydrogen-bond donors (Lipinski definition) is 1. The predicted molar refractivity (Wildman–Crippen MR) is 57.8 cm³/mol. The molecule has 1 rings (SSSR count). The Balaban J connectivity index is 3.06. The van der Waals surface area contributed by atoms with Gasteiger partial charge in [-0.15, -0.1) is 6.58 Å². The lowest BCUT2D eigenvalue weighted by atomic mass is 10.3. The molecule has 0 amide bonds. The average molecular weight is 190 g/mol. The molecule has 1 aromatic rings. The van der Waals surface area contributed by atoms with Crippen LogP contribution in [0.3, 0.4) is 0 Å². The van der Waals surface area contributed by atoms with Gasteiger partial charge in [-0.25, -0.2) is 4.98 Å². The van der Waals surface area contributed by atoms with Gasteiger partial charge < -0.3 is 9.67 Å². The second kappa shape index (κ2) is 4.46. The lowest BCUT2D eigenvalue weighted by Crippen LogP contribution is -2.00. The Morgan fingerprint density at radius 1 is 1.71 bits per heavy atom. The highest BCUT2D eigenvalue weighted by Gasteiger charge is 2.05.